The fraction of sp³-hybridized carbons (Fsp3) is 0.200. The van der Waals surface area contributed by atoms with E-state index in [2.05, 4.69) is 5.32 Å². The zero-order valence-corrected chi connectivity index (χ0v) is 18.1. The van der Waals surface area contributed by atoms with Crippen LogP contribution in [-0.2, 0) is 30.5 Å². The molecule has 0 aromatic heterocycles. The number of benzene rings is 3. The quantitative estimate of drug-likeness (QED) is 0.414. The van der Waals surface area contributed by atoms with Gasteiger partial charge in [-0.05, 0) is 17.0 Å². The van der Waals surface area contributed by atoms with Crippen molar-refractivity contribution < 1.29 is 38.5 Å². The Morgan fingerprint density at radius 1 is 0.824 bits per heavy atom. The molecule has 34 heavy (non-hydrogen) atoms. The Bertz CT molecular complexity index is 1160. The van der Waals surface area contributed by atoms with Crippen LogP contribution in [0, 0.1) is 0 Å². The lowest BCUT2D eigenvalue weighted by Crippen LogP contribution is -2.44. The van der Waals surface area contributed by atoms with E-state index in [1.807, 2.05) is 30.3 Å². The van der Waals surface area contributed by atoms with Crippen molar-refractivity contribution in [1.82, 2.24) is 5.32 Å². The van der Waals surface area contributed by atoms with Gasteiger partial charge in [-0.25, -0.2) is 9.59 Å². The summed E-state index contributed by atoms with van der Waals surface area (Å²) in [7, 11) is 0. The maximum absolute atomic E-state index is 12.4. The molecular weight excluding hydrogens is 442 g/mol. The SMILES string of the molecule is O=C(O)C[C@H](NC(=O)OCc1ccccc1)C(=O)COC(=O)COc1cccc2ccccc12. The van der Waals surface area contributed by atoms with E-state index in [0.717, 1.165) is 16.3 Å². The van der Waals surface area contributed by atoms with Gasteiger partial charge in [0.05, 0.1) is 6.42 Å². The van der Waals surface area contributed by atoms with Crippen LogP contribution < -0.4 is 10.1 Å². The molecule has 0 spiro atoms. The Morgan fingerprint density at radius 2 is 1.53 bits per heavy atom. The maximum Gasteiger partial charge on any atom is 0.408 e. The number of carbonyl (C=O) groups is 4. The Balaban J connectivity index is 1.48. The van der Waals surface area contributed by atoms with Crippen LogP contribution in [0.25, 0.3) is 10.8 Å². The Kier molecular flexibility index (Phi) is 8.56. The summed E-state index contributed by atoms with van der Waals surface area (Å²) in [6.07, 6.45) is -1.65. The molecule has 1 atom stereocenters. The fourth-order valence-electron chi connectivity index (χ4n) is 3.08. The molecule has 0 fully saturated rings. The molecule has 2 N–H and O–H groups in total. The summed E-state index contributed by atoms with van der Waals surface area (Å²) in [5, 5.41) is 13.0. The van der Waals surface area contributed by atoms with Crippen LogP contribution >= 0.6 is 0 Å². The molecule has 0 bridgehead atoms. The highest BCUT2D eigenvalue weighted by Crippen LogP contribution is 2.25. The number of carboxylic acids is 1. The molecule has 0 heterocycles. The summed E-state index contributed by atoms with van der Waals surface area (Å²) < 4.78 is 15.4. The summed E-state index contributed by atoms with van der Waals surface area (Å²) in [4.78, 5) is 47.6. The molecule has 0 aliphatic heterocycles. The third kappa shape index (κ3) is 7.33. The average Bonchev–Trinajstić information content (AvgIpc) is 2.84. The Labute approximate surface area is 195 Å². The largest absolute Gasteiger partial charge is 0.481 e. The fourth-order valence-corrected chi connectivity index (χ4v) is 3.08. The number of alkyl carbamates (subject to hydrolysis) is 1. The van der Waals surface area contributed by atoms with Gasteiger partial charge in [-0.15, -0.1) is 0 Å². The minimum Gasteiger partial charge on any atom is -0.481 e. The van der Waals surface area contributed by atoms with Crippen LogP contribution in [0.2, 0.25) is 0 Å². The number of carbonyl (C=O) groups excluding carboxylic acids is 3. The molecule has 1 amide bonds. The van der Waals surface area contributed by atoms with E-state index in [4.69, 9.17) is 19.3 Å². The minimum absolute atomic E-state index is 0.0544. The molecule has 9 heteroatoms. The molecule has 0 aliphatic carbocycles. The minimum atomic E-state index is -1.42. The number of ether oxygens (including phenoxy) is 3. The van der Waals surface area contributed by atoms with Gasteiger partial charge >= 0.3 is 18.0 Å². The van der Waals surface area contributed by atoms with Gasteiger partial charge in [0.2, 0.25) is 0 Å². The van der Waals surface area contributed by atoms with Crippen LogP contribution in [-0.4, -0.2) is 48.2 Å². The first kappa shape index (κ1) is 24.2. The third-order valence-electron chi connectivity index (χ3n) is 4.74. The van der Waals surface area contributed by atoms with Crippen molar-refractivity contribution in [1.29, 1.82) is 0 Å². The molecule has 3 rings (SSSR count). The molecule has 0 saturated heterocycles. The first-order valence-electron chi connectivity index (χ1n) is 10.4. The molecule has 0 radical (unpaired) electrons. The van der Waals surface area contributed by atoms with Crippen molar-refractivity contribution in [3.05, 3.63) is 78.4 Å². The highest BCUT2D eigenvalue weighted by molar-refractivity contribution is 5.92. The molecule has 0 saturated carbocycles. The maximum atomic E-state index is 12.4. The van der Waals surface area contributed by atoms with Crippen molar-refractivity contribution in [2.45, 2.75) is 19.1 Å². The summed E-state index contributed by atoms with van der Waals surface area (Å²) in [6, 6.07) is 20.3. The van der Waals surface area contributed by atoms with Crippen LogP contribution in [0.4, 0.5) is 4.79 Å². The molecule has 3 aromatic carbocycles. The topological polar surface area (TPSA) is 128 Å². The van der Waals surface area contributed by atoms with Crippen LogP contribution in [0.5, 0.6) is 5.75 Å². The number of amides is 1. The number of fused-ring (bicyclic) bond motifs is 1. The number of carboxylic acid groups (broad SMARTS) is 1. The number of esters is 1. The van der Waals surface area contributed by atoms with E-state index in [0.29, 0.717) is 5.75 Å². The smallest absolute Gasteiger partial charge is 0.408 e. The summed E-state index contributed by atoms with van der Waals surface area (Å²) in [5.41, 5.74) is 0.721. The zero-order valence-electron chi connectivity index (χ0n) is 18.1. The Morgan fingerprint density at radius 3 is 2.29 bits per heavy atom. The molecule has 9 nitrogen and oxygen atoms in total. The number of ketones is 1. The van der Waals surface area contributed by atoms with Crippen molar-refractivity contribution in [2.75, 3.05) is 13.2 Å². The number of nitrogens with one attached hydrogen (secondary N) is 1. The highest BCUT2D eigenvalue weighted by atomic mass is 16.6. The molecular formula is C25H23NO8. The molecule has 0 unspecified atom stereocenters. The van der Waals surface area contributed by atoms with Crippen molar-refractivity contribution in [2.24, 2.45) is 0 Å². The summed E-state index contributed by atoms with van der Waals surface area (Å²) in [6.45, 7) is -1.23. The summed E-state index contributed by atoms with van der Waals surface area (Å²) >= 11 is 0. The van der Waals surface area contributed by atoms with E-state index in [1.165, 1.54) is 0 Å². The predicted molar refractivity (Wildman–Crippen MR) is 121 cm³/mol. The first-order valence-corrected chi connectivity index (χ1v) is 10.4. The second kappa shape index (κ2) is 12.0. The second-order valence-electron chi connectivity index (χ2n) is 7.25. The van der Waals surface area contributed by atoms with Crippen LogP contribution in [0.3, 0.4) is 0 Å². The van der Waals surface area contributed by atoms with E-state index in [9.17, 15) is 19.2 Å². The van der Waals surface area contributed by atoms with Crippen molar-refractivity contribution in [3.8, 4) is 5.75 Å². The molecule has 0 aliphatic rings. The number of aliphatic carboxylic acids is 1. The lowest BCUT2D eigenvalue weighted by atomic mass is 10.1. The van der Waals surface area contributed by atoms with Gasteiger partial charge in [-0.3, -0.25) is 9.59 Å². The van der Waals surface area contributed by atoms with E-state index >= 15 is 0 Å². The average molecular weight is 465 g/mol. The number of hydrogen-bond donors (Lipinski definition) is 2. The lowest BCUT2D eigenvalue weighted by molar-refractivity contribution is -0.150. The van der Waals surface area contributed by atoms with Gasteiger partial charge < -0.3 is 24.6 Å². The van der Waals surface area contributed by atoms with Crippen LogP contribution in [0.1, 0.15) is 12.0 Å². The highest BCUT2D eigenvalue weighted by Gasteiger charge is 2.25. The number of hydrogen-bond acceptors (Lipinski definition) is 7. The molecule has 176 valence electrons. The summed E-state index contributed by atoms with van der Waals surface area (Å²) in [5.74, 6) is -2.44. The van der Waals surface area contributed by atoms with E-state index in [1.54, 1.807) is 42.5 Å². The monoisotopic (exact) mass is 465 g/mol. The lowest BCUT2D eigenvalue weighted by Gasteiger charge is -2.16. The predicted octanol–water partition coefficient (Wildman–Crippen LogP) is 3.10. The van der Waals surface area contributed by atoms with Gasteiger partial charge in [-0.1, -0.05) is 66.7 Å². The van der Waals surface area contributed by atoms with Crippen molar-refractivity contribution >= 4 is 34.6 Å². The zero-order chi connectivity index (χ0) is 24.3. The second-order valence-corrected chi connectivity index (χ2v) is 7.25. The third-order valence-corrected chi connectivity index (χ3v) is 4.74. The van der Waals surface area contributed by atoms with Gasteiger partial charge in [-0.2, -0.15) is 0 Å². The normalized spacial score (nSPS) is 11.3. The first-order chi connectivity index (χ1) is 16.4. The van der Waals surface area contributed by atoms with Gasteiger partial charge in [0.1, 0.15) is 18.4 Å². The molecule has 3 aromatic rings. The van der Waals surface area contributed by atoms with Gasteiger partial charge in [0.25, 0.3) is 0 Å². The van der Waals surface area contributed by atoms with Crippen molar-refractivity contribution in [3.63, 3.8) is 0 Å². The van der Waals surface area contributed by atoms with Gasteiger partial charge in [0, 0.05) is 5.39 Å². The number of rotatable bonds is 11. The van der Waals surface area contributed by atoms with E-state index < -0.39 is 49.5 Å². The number of Topliss-reactive ketones (excluding diaryl/α,β-unsaturated/α-hetero) is 1. The van der Waals surface area contributed by atoms with Crippen LogP contribution in [0.15, 0.2) is 72.8 Å². The Hall–Kier alpha value is -4.40. The standard InChI is InChI=1S/C25H23NO8/c27-21(20(13-23(28)29)26-25(31)34-14-17-7-2-1-3-8-17)15-33-24(30)16-32-22-12-6-10-18-9-4-5-11-19(18)22/h1-12,20H,13-16H2,(H,26,31)(H,28,29)/t20-/m0/s1. The van der Waals surface area contributed by atoms with Gasteiger partial charge in [0.15, 0.2) is 19.0 Å². The van der Waals surface area contributed by atoms with E-state index in [-0.39, 0.29) is 6.61 Å².